The van der Waals surface area contributed by atoms with Gasteiger partial charge in [-0.2, -0.15) is 0 Å². The third-order valence-corrected chi connectivity index (χ3v) is 2.54. The van der Waals surface area contributed by atoms with E-state index in [1.807, 2.05) is 0 Å². The largest absolute Gasteiger partial charge is 0.378 e. The van der Waals surface area contributed by atoms with Crippen LogP contribution in [-0.4, -0.2) is 25.4 Å². The van der Waals surface area contributed by atoms with Crippen LogP contribution in [-0.2, 0) is 9.47 Å². The zero-order valence-corrected chi connectivity index (χ0v) is 8.92. The van der Waals surface area contributed by atoms with E-state index in [0.29, 0.717) is 12.2 Å². The van der Waals surface area contributed by atoms with Gasteiger partial charge in [-0.1, -0.05) is 6.92 Å². The van der Waals surface area contributed by atoms with Crippen LogP contribution in [0.5, 0.6) is 0 Å². The molecule has 2 nitrogen and oxygen atoms in total. The van der Waals surface area contributed by atoms with E-state index in [0.717, 1.165) is 26.1 Å². The van der Waals surface area contributed by atoms with Crippen LogP contribution in [0.25, 0.3) is 0 Å². The third-order valence-electron chi connectivity index (χ3n) is 2.54. The second kappa shape index (κ2) is 6.39. The molecule has 0 aromatic heterocycles. The molecule has 2 atom stereocenters. The Kier molecular flexibility index (Phi) is 5.40. The molecule has 0 saturated heterocycles. The summed E-state index contributed by atoms with van der Waals surface area (Å²) in [5.41, 5.74) is 0. The molecule has 0 spiro atoms. The first-order chi connectivity index (χ1) is 6.36. The first-order valence-electron chi connectivity index (χ1n) is 5.60. The molecule has 1 saturated carbocycles. The molecule has 1 fully saturated rings. The first-order valence-corrected chi connectivity index (χ1v) is 5.60. The van der Waals surface area contributed by atoms with Gasteiger partial charge in [-0.3, -0.25) is 0 Å². The van der Waals surface area contributed by atoms with Crippen LogP contribution < -0.4 is 0 Å². The second-order valence-electron chi connectivity index (χ2n) is 3.74. The standard InChI is InChI=1S/C11H22O2/c1-3-8-13-11-7-5-6-10(9-11)12-4-2/h10-11H,3-9H2,1-2H3. The Morgan fingerprint density at radius 1 is 1.08 bits per heavy atom. The van der Waals surface area contributed by atoms with Gasteiger partial charge in [0.15, 0.2) is 0 Å². The normalized spacial score (nSPS) is 29.1. The van der Waals surface area contributed by atoms with Gasteiger partial charge in [0.05, 0.1) is 12.2 Å². The lowest BCUT2D eigenvalue weighted by atomic mass is 9.95. The summed E-state index contributed by atoms with van der Waals surface area (Å²) in [4.78, 5) is 0. The molecule has 0 aromatic rings. The molecule has 2 unspecified atom stereocenters. The summed E-state index contributed by atoms with van der Waals surface area (Å²) in [6.45, 7) is 5.97. The van der Waals surface area contributed by atoms with Crippen molar-refractivity contribution < 1.29 is 9.47 Å². The Balaban J connectivity index is 2.16. The minimum atomic E-state index is 0.459. The molecule has 0 aromatic carbocycles. The van der Waals surface area contributed by atoms with Crippen LogP contribution >= 0.6 is 0 Å². The summed E-state index contributed by atoms with van der Waals surface area (Å²) in [7, 11) is 0. The lowest BCUT2D eigenvalue weighted by molar-refractivity contribution is -0.0411. The van der Waals surface area contributed by atoms with Crippen molar-refractivity contribution in [2.24, 2.45) is 0 Å². The average molecular weight is 186 g/mol. The monoisotopic (exact) mass is 186 g/mol. The fourth-order valence-corrected chi connectivity index (χ4v) is 1.93. The fourth-order valence-electron chi connectivity index (χ4n) is 1.93. The average Bonchev–Trinajstić information content (AvgIpc) is 2.16. The predicted molar refractivity (Wildman–Crippen MR) is 53.9 cm³/mol. The van der Waals surface area contributed by atoms with Crippen LogP contribution in [0.4, 0.5) is 0 Å². The van der Waals surface area contributed by atoms with E-state index in [2.05, 4.69) is 13.8 Å². The van der Waals surface area contributed by atoms with Gasteiger partial charge in [0.25, 0.3) is 0 Å². The van der Waals surface area contributed by atoms with E-state index in [-0.39, 0.29) is 0 Å². The molecule has 1 rings (SSSR count). The third kappa shape index (κ3) is 4.10. The van der Waals surface area contributed by atoms with Gasteiger partial charge >= 0.3 is 0 Å². The maximum atomic E-state index is 5.73. The van der Waals surface area contributed by atoms with Crippen molar-refractivity contribution in [2.75, 3.05) is 13.2 Å². The van der Waals surface area contributed by atoms with Crippen LogP contribution in [0.15, 0.2) is 0 Å². The number of hydrogen-bond acceptors (Lipinski definition) is 2. The fraction of sp³-hybridized carbons (Fsp3) is 1.00. The van der Waals surface area contributed by atoms with Crippen molar-refractivity contribution in [1.29, 1.82) is 0 Å². The highest BCUT2D eigenvalue weighted by Crippen LogP contribution is 2.23. The quantitative estimate of drug-likeness (QED) is 0.657. The summed E-state index contributed by atoms with van der Waals surface area (Å²) >= 11 is 0. The molecule has 1 aliphatic carbocycles. The van der Waals surface area contributed by atoms with Crippen LogP contribution in [0.3, 0.4) is 0 Å². The molecular formula is C11H22O2. The van der Waals surface area contributed by atoms with E-state index in [9.17, 15) is 0 Å². The maximum Gasteiger partial charge on any atom is 0.0599 e. The lowest BCUT2D eigenvalue weighted by Gasteiger charge is -2.28. The molecular weight excluding hydrogens is 164 g/mol. The molecule has 2 heteroatoms. The first kappa shape index (κ1) is 11.0. The van der Waals surface area contributed by atoms with Crippen molar-refractivity contribution in [3.8, 4) is 0 Å². The SMILES string of the molecule is CCCOC1CCCC(OCC)C1. The molecule has 0 heterocycles. The van der Waals surface area contributed by atoms with Crippen LogP contribution in [0.2, 0.25) is 0 Å². The Hall–Kier alpha value is -0.0800. The van der Waals surface area contributed by atoms with Crippen molar-refractivity contribution in [2.45, 2.75) is 58.2 Å². The Morgan fingerprint density at radius 2 is 1.77 bits per heavy atom. The zero-order chi connectivity index (χ0) is 9.52. The summed E-state index contributed by atoms with van der Waals surface area (Å²) in [5, 5.41) is 0. The van der Waals surface area contributed by atoms with Gasteiger partial charge in [-0.15, -0.1) is 0 Å². The lowest BCUT2D eigenvalue weighted by Crippen LogP contribution is -2.28. The van der Waals surface area contributed by atoms with Gasteiger partial charge < -0.3 is 9.47 Å². The van der Waals surface area contributed by atoms with E-state index in [1.54, 1.807) is 0 Å². The molecule has 0 bridgehead atoms. The Labute approximate surface area is 81.6 Å². The van der Waals surface area contributed by atoms with Crippen molar-refractivity contribution >= 4 is 0 Å². The highest BCUT2D eigenvalue weighted by atomic mass is 16.5. The molecule has 0 radical (unpaired) electrons. The van der Waals surface area contributed by atoms with E-state index < -0.39 is 0 Å². The van der Waals surface area contributed by atoms with Crippen molar-refractivity contribution in [1.82, 2.24) is 0 Å². The summed E-state index contributed by atoms with van der Waals surface area (Å²) in [6, 6.07) is 0. The number of rotatable bonds is 5. The Morgan fingerprint density at radius 3 is 2.38 bits per heavy atom. The number of ether oxygens (including phenoxy) is 2. The highest BCUT2D eigenvalue weighted by molar-refractivity contribution is 4.73. The Bertz CT molecular complexity index is 123. The summed E-state index contributed by atoms with van der Waals surface area (Å²) in [5.74, 6) is 0. The summed E-state index contributed by atoms with van der Waals surface area (Å²) in [6.07, 6.45) is 6.86. The van der Waals surface area contributed by atoms with Crippen molar-refractivity contribution in [3.63, 3.8) is 0 Å². The second-order valence-corrected chi connectivity index (χ2v) is 3.74. The van der Waals surface area contributed by atoms with E-state index in [1.165, 1.54) is 19.3 Å². The van der Waals surface area contributed by atoms with Crippen molar-refractivity contribution in [3.05, 3.63) is 0 Å². The molecule has 13 heavy (non-hydrogen) atoms. The maximum absolute atomic E-state index is 5.73. The molecule has 0 amide bonds. The highest BCUT2D eigenvalue weighted by Gasteiger charge is 2.22. The smallest absolute Gasteiger partial charge is 0.0599 e. The zero-order valence-electron chi connectivity index (χ0n) is 8.92. The molecule has 1 aliphatic rings. The van der Waals surface area contributed by atoms with E-state index >= 15 is 0 Å². The van der Waals surface area contributed by atoms with Crippen LogP contribution in [0.1, 0.15) is 46.0 Å². The molecule has 78 valence electrons. The van der Waals surface area contributed by atoms with Gasteiger partial charge in [0, 0.05) is 13.2 Å². The van der Waals surface area contributed by atoms with Crippen LogP contribution in [0, 0.1) is 0 Å². The molecule has 0 aliphatic heterocycles. The van der Waals surface area contributed by atoms with Gasteiger partial charge in [0.1, 0.15) is 0 Å². The predicted octanol–water partition coefficient (Wildman–Crippen LogP) is 2.76. The van der Waals surface area contributed by atoms with Gasteiger partial charge in [-0.05, 0) is 39.0 Å². The van der Waals surface area contributed by atoms with Gasteiger partial charge in [0.2, 0.25) is 0 Å². The van der Waals surface area contributed by atoms with Gasteiger partial charge in [-0.25, -0.2) is 0 Å². The van der Waals surface area contributed by atoms with E-state index in [4.69, 9.17) is 9.47 Å². The summed E-state index contributed by atoms with van der Waals surface area (Å²) < 4.78 is 11.3. The molecule has 0 N–H and O–H groups in total. The minimum Gasteiger partial charge on any atom is -0.378 e. The topological polar surface area (TPSA) is 18.5 Å². The minimum absolute atomic E-state index is 0.459. The number of hydrogen-bond donors (Lipinski definition) is 0.